The van der Waals surface area contributed by atoms with Gasteiger partial charge in [0.05, 0.1) is 25.3 Å². The van der Waals surface area contributed by atoms with Crippen LogP contribution in [0.3, 0.4) is 0 Å². The van der Waals surface area contributed by atoms with Gasteiger partial charge >= 0.3 is 0 Å². The highest BCUT2D eigenvalue weighted by atomic mass is 35.5. The van der Waals surface area contributed by atoms with Crippen molar-refractivity contribution >= 4 is 23.4 Å². The Morgan fingerprint density at radius 3 is 2.84 bits per heavy atom. The van der Waals surface area contributed by atoms with Gasteiger partial charge < -0.3 is 19.4 Å². The molecule has 1 unspecified atom stereocenters. The lowest BCUT2D eigenvalue weighted by Crippen LogP contribution is -2.35. The van der Waals surface area contributed by atoms with Gasteiger partial charge in [-0.15, -0.1) is 0 Å². The molecule has 0 aliphatic carbocycles. The molecule has 1 fully saturated rings. The van der Waals surface area contributed by atoms with Gasteiger partial charge in [0.1, 0.15) is 18.1 Å². The van der Waals surface area contributed by atoms with E-state index < -0.39 is 0 Å². The van der Waals surface area contributed by atoms with Gasteiger partial charge in [0.25, 0.3) is 0 Å². The van der Waals surface area contributed by atoms with Crippen LogP contribution in [-0.2, 0) is 16.1 Å². The molecular formula is C18H19ClN2O4. The van der Waals surface area contributed by atoms with Crippen molar-refractivity contribution in [1.82, 2.24) is 10.2 Å². The van der Waals surface area contributed by atoms with E-state index >= 15 is 0 Å². The number of carbonyl (C=O) groups excluding carboxylic acids is 2. The minimum absolute atomic E-state index is 0.0334. The first kappa shape index (κ1) is 17.4. The molecule has 3 rings (SSSR count). The van der Waals surface area contributed by atoms with Crippen LogP contribution in [-0.4, -0.2) is 36.4 Å². The van der Waals surface area contributed by atoms with Crippen LogP contribution in [0.15, 0.2) is 47.1 Å². The Bertz CT molecular complexity index is 715. The van der Waals surface area contributed by atoms with Gasteiger partial charge in [0.2, 0.25) is 11.8 Å². The number of amides is 2. The monoisotopic (exact) mass is 362 g/mol. The number of furan rings is 1. The van der Waals surface area contributed by atoms with E-state index in [0.29, 0.717) is 42.8 Å². The van der Waals surface area contributed by atoms with Crippen LogP contribution in [0, 0.1) is 5.92 Å². The summed E-state index contributed by atoms with van der Waals surface area (Å²) in [5, 5.41) is 3.46. The number of nitrogens with zero attached hydrogens (tertiary/aromatic N) is 1. The van der Waals surface area contributed by atoms with Crippen molar-refractivity contribution < 1.29 is 18.7 Å². The second-order valence-corrected chi connectivity index (χ2v) is 6.28. The average molecular weight is 363 g/mol. The fraction of sp³-hybridized carbons (Fsp3) is 0.333. The Kier molecular flexibility index (Phi) is 5.60. The lowest BCUT2D eigenvalue weighted by Gasteiger charge is -2.15. The first-order valence-electron chi connectivity index (χ1n) is 8.08. The Balaban J connectivity index is 1.39. The maximum Gasteiger partial charge on any atom is 0.225 e. The van der Waals surface area contributed by atoms with Crippen molar-refractivity contribution in [2.24, 2.45) is 5.92 Å². The van der Waals surface area contributed by atoms with E-state index in [2.05, 4.69) is 5.32 Å². The molecule has 2 heterocycles. The molecule has 25 heavy (non-hydrogen) atoms. The number of ether oxygens (including phenoxy) is 1. The Morgan fingerprint density at radius 2 is 2.12 bits per heavy atom. The number of hydrogen-bond acceptors (Lipinski definition) is 4. The zero-order valence-corrected chi connectivity index (χ0v) is 14.4. The van der Waals surface area contributed by atoms with E-state index in [1.807, 2.05) is 6.07 Å². The van der Waals surface area contributed by atoms with E-state index in [1.54, 1.807) is 41.5 Å². The predicted octanol–water partition coefficient (Wildman–Crippen LogP) is 2.48. The number of benzene rings is 1. The zero-order valence-electron chi connectivity index (χ0n) is 13.6. The highest BCUT2D eigenvalue weighted by Crippen LogP contribution is 2.20. The standard InChI is InChI=1S/C18H19ClN2O4/c19-14-3-5-15(6-4-14)25-9-7-20-18(23)13-10-17(22)21(11-13)12-16-2-1-8-24-16/h1-6,8,13H,7,9-12H2,(H,20,23). The molecule has 0 bridgehead atoms. The predicted molar refractivity (Wildman–Crippen MR) is 92.2 cm³/mol. The Labute approximate surface area is 150 Å². The molecule has 1 aliphatic rings. The van der Waals surface area contributed by atoms with E-state index in [4.69, 9.17) is 20.8 Å². The third kappa shape index (κ3) is 4.76. The first-order valence-corrected chi connectivity index (χ1v) is 8.46. The zero-order chi connectivity index (χ0) is 17.6. The third-order valence-corrected chi connectivity index (χ3v) is 4.25. The van der Waals surface area contributed by atoms with Crippen molar-refractivity contribution in [3.8, 4) is 5.75 Å². The topological polar surface area (TPSA) is 71.8 Å². The van der Waals surface area contributed by atoms with E-state index in [9.17, 15) is 9.59 Å². The van der Waals surface area contributed by atoms with Crippen LogP contribution in [0.5, 0.6) is 5.75 Å². The molecule has 1 N–H and O–H groups in total. The Hall–Kier alpha value is -2.47. The highest BCUT2D eigenvalue weighted by molar-refractivity contribution is 6.30. The van der Waals surface area contributed by atoms with Crippen molar-refractivity contribution in [3.05, 3.63) is 53.4 Å². The van der Waals surface area contributed by atoms with Gasteiger partial charge in [0, 0.05) is 18.0 Å². The van der Waals surface area contributed by atoms with E-state index in [-0.39, 0.29) is 24.2 Å². The number of nitrogens with one attached hydrogen (secondary N) is 1. The molecule has 0 radical (unpaired) electrons. The van der Waals surface area contributed by atoms with Crippen LogP contribution >= 0.6 is 11.6 Å². The highest BCUT2D eigenvalue weighted by Gasteiger charge is 2.34. The molecule has 1 aromatic heterocycles. The first-order chi connectivity index (χ1) is 12.1. The quantitative estimate of drug-likeness (QED) is 0.768. The molecule has 2 aromatic rings. The molecule has 2 amide bonds. The summed E-state index contributed by atoms with van der Waals surface area (Å²) in [4.78, 5) is 25.9. The van der Waals surface area contributed by atoms with E-state index in [1.165, 1.54) is 0 Å². The fourth-order valence-electron chi connectivity index (χ4n) is 2.71. The number of likely N-dealkylation sites (tertiary alicyclic amines) is 1. The summed E-state index contributed by atoms with van der Waals surface area (Å²) in [6.07, 6.45) is 1.80. The van der Waals surface area contributed by atoms with Gasteiger partial charge in [-0.05, 0) is 36.4 Å². The lowest BCUT2D eigenvalue weighted by molar-refractivity contribution is -0.129. The van der Waals surface area contributed by atoms with Crippen LogP contribution in [0.2, 0.25) is 5.02 Å². The normalized spacial score (nSPS) is 16.9. The molecule has 1 saturated heterocycles. The summed E-state index contributed by atoms with van der Waals surface area (Å²) in [5.41, 5.74) is 0. The number of hydrogen-bond donors (Lipinski definition) is 1. The summed E-state index contributed by atoms with van der Waals surface area (Å²) in [6, 6.07) is 10.6. The Morgan fingerprint density at radius 1 is 1.32 bits per heavy atom. The van der Waals surface area contributed by atoms with Crippen molar-refractivity contribution in [2.75, 3.05) is 19.7 Å². The molecule has 6 nitrogen and oxygen atoms in total. The number of halogens is 1. The van der Waals surface area contributed by atoms with Crippen LogP contribution < -0.4 is 10.1 Å². The third-order valence-electron chi connectivity index (χ3n) is 4.00. The maximum absolute atomic E-state index is 12.2. The van der Waals surface area contributed by atoms with Gasteiger partial charge in [-0.1, -0.05) is 11.6 Å². The number of rotatable bonds is 7. The average Bonchev–Trinajstić information content (AvgIpc) is 3.24. The summed E-state index contributed by atoms with van der Waals surface area (Å²) in [7, 11) is 0. The fourth-order valence-corrected chi connectivity index (χ4v) is 2.84. The molecule has 1 atom stereocenters. The largest absolute Gasteiger partial charge is 0.492 e. The minimum Gasteiger partial charge on any atom is -0.492 e. The molecular weight excluding hydrogens is 344 g/mol. The summed E-state index contributed by atoms with van der Waals surface area (Å²) in [6.45, 7) is 1.53. The maximum atomic E-state index is 12.2. The van der Waals surface area contributed by atoms with Crippen molar-refractivity contribution in [3.63, 3.8) is 0 Å². The van der Waals surface area contributed by atoms with Crippen molar-refractivity contribution in [1.29, 1.82) is 0 Å². The van der Waals surface area contributed by atoms with Gasteiger partial charge in [-0.25, -0.2) is 0 Å². The lowest BCUT2D eigenvalue weighted by atomic mass is 10.1. The molecule has 132 valence electrons. The van der Waals surface area contributed by atoms with Crippen LogP contribution in [0.4, 0.5) is 0 Å². The molecule has 1 aromatic carbocycles. The van der Waals surface area contributed by atoms with Gasteiger partial charge in [-0.3, -0.25) is 9.59 Å². The summed E-state index contributed by atoms with van der Waals surface area (Å²) >= 11 is 5.81. The minimum atomic E-state index is -0.335. The summed E-state index contributed by atoms with van der Waals surface area (Å²) in [5.74, 6) is 0.909. The van der Waals surface area contributed by atoms with Gasteiger partial charge in [-0.2, -0.15) is 0 Å². The van der Waals surface area contributed by atoms with Crippen LogP contribution in [0.1, 0.15) is 12.2 Å². The second kappa shape index (κ2) is 8.07. The second-order valence-electron chi connectivity index (χ2n) is 5.85. The smallest absolute Gasteiger partial charge is 0.225 e. The molecule has 0 spiro atoms. The number of carbonyl (C=O) groups is 2. The molecule has 1 aliphatic heterocycles. The molecule has 0 saturated carbocycles. The van der Waals surface area contributed by atoms with Gasteiger partial charge in [0.15, 0.2) is 0 Å². The molecule has 7 heteroatoms. The SMILES string of the molecule is O=C(NCCOc1ccc(Cl)cc1)C1CC(=O)N(Cc2ccco2)C1. The van der Waals surface area contributed by atoms with E-state index in [0.717, 1.165) is 0 Å². The summed E-state index contributed by atoms with van der Waals surface area (Å²) < 4.78 is 10.8. The van der Waals surface area contributed by atoms with Crippen molar-refractivity contribution in [2.45, 2.75) is 13.0 Å². The van der Waals surface area contributed by atoms with Crippen LogP contribution in [0.25, 0.3) is 0 Å².